The molecule has 1 atom stereocenters. The van der Waals surface area contributed by atoms with Gasteiger partial charge in [0.2, 0.25) is 5.91 Å². The lowest BCUT2D eigenvalue weighted by atomic mass is 9.99. The minimum absolute atomic E-state index is 0.188. The van der Waals surface area contributed by atoms with Crippen LogP contribution in [0.25, 0.3) is 0 Å². The zero-order valence-electron chi connectivity index (χ0n) is 11.8. The summed E-state index contributed by atoms with van der Waals surface area (Å²) in [5.74, 6) is -0.246. The van der Waals surface area contributed by atoms with E-state index < -0.39 is 11.7 Å². The molecule has 0 saturated heterocycles. The van der Waals surface area contributed by atoms with Crippen molar-refractivity contribution in [2.45, 2.75) is 51.7 Å². The molecule has 2 amide bonds. The quantitative estimate of drug-likeness (QED) is 0.770. The molecule has 5 heteroatoms. The molecule has 1 rings (SSSR count). The number of allylic oxidation sites excluding steroid dienone is 1. The predicted molar refractivity (Wildman–Crippen MR) is 73.4 cm³/mol. The number of alkyl carbamates (subject to hydrolysis) is 1. The number of hydrogen-bond donors (Lipinski definition) is 2. The van der Waals surface area contributed by atoms with Crippen LogP contribution >= 0.6 is 0 Å². The largest absolute Gasteiger partial charge is 0.444 e. The highest BCUT2D eigenvalue weighted by atomic mass is 16.6. The Hall–Kier alpha value is -1.78. The van der Waals surface area contributed by atoms with Crippen LogP contribution in [0.4, 0.5) is 4.79 Å². The van der Waals surface area contributed by atoms with Gasteiger partial charge in [-0.1, -0.05) is 12.7 Å². The SMILES string of the molecule is C=CC(=O)N[C@H]1CCCC=C1NC(=O)OC(C)(C)C. The van der Waals surface area contributed by atoms with Gasteiger partial charge in [-0.25, -0.2) is 4.79 Å². The van der Waals surface area contributed by atoms with Gasteiger partial charge in [0, 0.05) is 5.70 Å². The van der Waals surface area contributed by atoms with Crippen LogP contribution < -0.4 is 10.6 Å². The van der Waals surface area contributed by atoms with Crippen molar-refractivity contribution in [3.05, 3.63) is 24.4 Å². The second-order valence-electron chi connectivity index (χ2n) is 5.48. The maximum absolute atomic E-state index is 11.7. The zero-order valence-corrected chi connectivity index (χ0v) is 11.8. The van der Waals surface area contributed by atoms with E-state index in [2.05, 4.69) is 17.2 Å². The first-order chi connectivity index (χ1) is 8.81. The van der Waals surface area contributed by atoms with Gasteiger partial charge in [0.25, 0.3) is 0 Å². The van der Waals surface area contributed by atoms with E-state index in [1.807, 2.05) is 6.08 Å². The number of nitrogens with one attached hydrogen (secondary N) is 2. The standard InChI is InChI=1S/C14H22N2O3/c1-5-12(17)15-10-8-6-7-9-11(10)16-13(18)19-14(2,3)4/h5,9-10H,1,6-8H2,2-4H3,(H,15,17)(H,16,18)/t10-/m0/s1. The molecule has 0 unspecified atom stereocenters. The molecule has 106 valence electrons. The normalized spacial score (nSPS) is 19.1. The Kier molecular flexibility index (Phi) is 5.15. The Labute approximate surface area is 114 Å². The fraction of sp³-hybridized carbons (Fsp3) is 0.571. The smallest absolute Gasteiger partial charge is 0.411 e. The van der Waals surface area contributed by atoms with Gasteiger partial charge in [-0.2, -0.15) is 0 Å². The average molecular weight is 266 g/mol. The van der Waals surface area contributed by atoms with Crippen molar-refractivity contribution in [1.29, 1.82) is 0 Å². The van der Waals surface area contributed by atoms with Gasteiger partial charge in [0.05, 0.1) is 6.04 Å². The molecule has 0 fully saturated rings. The molecule has 0 aromatic heterocycles. The molecule has 0 radical (unpaired) electrons. The summed E-state index contributed by atoms with van der Waals surface area (Å²) in [4.78, 5) is 23.1. The summed E-state index contributed by atoms with van der Waals surface area (Å²) in [6.07, 6.45) is 5.29. The van der Waals surface area contributed by atoms with Gasteiger partial charge in [-0.15, -0.1) is 0 Å². The van der Waals surface area contributed by atoms with Crippen molar-refractivity contribution >= 4 is 12.0 Å². The molecular formula is C14H22N2O3. The first-order valence-electron chi connectivity index (χ1n) is 6.45. The van der Waals surface area contributed by atoms with Crippen molar-refractivity contribution < 1.29 is 14.3 Å². The van der Waals surface area contributed by atoms with Gasteiger partial charge in [-0.05, 0) is 46.1 Å². The number of ether oxygens (including phenoxy) is 1. The Morgan fingerprint density at radius 1 is 1.47 bits per heavy atom. The fourth-order valence-electron chi connectivity index (χ4n) is 1.82. The third kappa shape index (κ3) is 5.59. The Balaban J connectivity index is 2.62. The average Bonchev–Trinajstić information content (AvgIpc) is 2.29. The molecule has 0 aromatic carbocycles. The summed E-state index contributed by atoms with van der Waals surface area (Å²) < 4.78 is 5.20. The first-order valence-corrected chi connectivity index (χ1v) is 6.45. The summed E-state index contributed by atoms with van der Waals surface area (Å²) in [7, 11) is 0. The van der Waals surface area contributed by atoms with Crippen molar-refractivity contribution in [3.63, 3.8) is 0 Å². The van der Waals surface area contributed by atoms with E-state index in [0.717, 1.165) is 19.3 Å². The van der Waals surface area contributed by atoms with Crippen LogP contribution in [0.2, 0.25) is 0 Å². The van der Waals surface area contributed by atoms with Gasteiger partial charge in [-0.3, -0.25) is 10.1 Å². The summed E-state index contributed by atoms with van der Waals surface area (Å²) in [5, 5.41) is 5.50. The summed E-state index contributed by atoms with van der Waals surface area (Å²) in [6, 6.07) is -0.188. The topological polar surface area (TPSA) is 67.4 Å². The Bertz CT molecular complexity index is 394. The molecule has 0 aromatic rings. The molecule has 0 saturated carbocycles. The van der Waals surface area contributed by atoms with Gasteiger partial charge in [0.1, 0.15) is 5.60 Å². The molecule has 0 aliphatic heterocycles. The van der Waals surface area contributed by atoms with Gasteiger partial charge < -0.3 is 10.1 Å². The highest BCUT2D eigenvalue weighted by Gasteiger charge is 2.23. The molecule has 5 nitrogen and oxygen atoms in total. The second kappa shape index (κ2) is 6.41. The van der Waals surface area contributed by atoms with Crippen LogP contribution in [-0.4, -0.2) is 23.6 Å². The third-order valence-electron chi connectivity index (χ3n) is 2.58. The van der Waals surface area contributed by atoms with E-state index in [1.54, 1.807) is 20.8 Å². The Morgan fingerprint density at radius 3 is 2.74 bits per heavy atom. The van der Waals surface area contributed by atoms with Gasteiger partial charge >= 0.3 is 6.09 Å². The lowest BCUT2D eigenvalue weighted by molar-refractivity contribution is -0.117. The lowest BCUT2D eigenvalue weighted by Gasteiger charge is -2.27. The predicted octanol–water partition coefficient (Wildman–Crippen LogP) is 2.25. The van der Waals surface area contributed by atoms with Crippen LogP contribution in [0.3, 0.4) is 0 Å². The molecule has 0 heterocycles. The van der Waals surface area contributed by atoms with Crippen molar-refractivity contribution in [2.24, 2.45) is 0 Å². The minimum Gasteiger partial charge on any atom is -0.444 e. The highest BCUT2D eigenvalue weighted by Crippen LogP contribution is 2.17. The van der Waals surface area contributed by atoms with E-state index in [-0.39, 0.29) is 11.9 Å². The molecule has 0 spiro atoms. The van der Waals surface area contributed by atoms with Crippen LogP contribution in [0.5, 0.6) is 0 Å². The maximum Gasteiger partial charge on any atom is 0.411 e. The van der Waals surface area contributed by atoms with Crippen LogP contribution in [0.1, 0.15) is 40.0 Å². The van der Waals surface area contributed by atoms with Crippen LogP contribution in [-0.2, 0) is 9.53 Å². The minimum atomic E-state index is -0.542. The van der Waals surface area contributed by atoms with Crippen LogP contribution in [0.15, 0.2) is 24.4 Å². The third-order valence-corrected chi connectivity index (χ3v) is 2.58. The number of amides is 2. The number of carbonyl (C=O) groups is 2. The fourth-order valence-corrected chi connectivity index (χ4v) is 1.82. The van der Waals surface area contributed by atoms with E-state index in [9.17, 15) is 9.59 Å². The van der Waals surface area contributed by atoms with Crippen molar-refractivity contribution in [3.8, 4) is 0 Å². The van der Waals surface area contributed by atoms with E-state index >= 15 is 0 Å². The van der Waals surface area contributed by atoms with E-state index in [1.165, 1.54) is 6.08 Å². The van der Waals surface area contributed by atoms with E-state index in [4.69, 9.17) is 4.74 Å². The molecule has 19 heavy (non-hydrogen) atoms. The molecule has 1 aliphatic carbocycles. The zero-order chi connectivity index (χ0) is 14.5. The number of carbonyl (C=O) groups excluding carboxylic acids is 2. The van der Waals surface area contributed by atoms with E-state index in [0.29, 0.717) is 5.70 Å². The molecule has 0 bridgehead atoms. The van der Waals surface area contributed by atoms with Crippen molar-refractivity contribution in [1.82, 2.24) is 10.6 Å². The Morgan fingerprint density at radius 2 is 2.16 bits per heavy atom. The molecule has 2 N–H and O–H groups in total. The summed E-state index contributed by atoms with van der Waals surface area (Å²) in [5.41, 5.74) is 0.148. The summed E-state index contributed by atoms with van der Waals surface area (Å²) >= 11 is 0. The maximum atomic E-state index is 11.7. The number of rotatable bonds is 3. The number of hydrogen-bond acceptors (Lipinski definition) is 3. The van der Waals surface area contributed by atoms with Gasteiger partial charge in [0.15, 0.2) is 0 Å². The molecular weight excluding hydrogens is 244 g/mol. The first kappa shape index (κ1) is 15.3. The monoisotopic (exact) mass is 266 g/mol. The van der Waals surface area contributed by atoms with Crippen molar-refractivity contribution in [2.75, 3.05) is 0 Å². The lowest BCUT2D eigenvalue weighted by Crippen LogP contribution is -2.43. The van der Waals surface area contributed by atoms with Crippen LogP contribution in [0, 0.1) is 0 Å². The highest BCUT2D eigenvalue weighted by molar-refractivity contribution is 5.87. The second-order valence-corrected chi connectivity index (χ2v) is 5.48. The summed E-state index contributed by atoms with van der Waals surface area (Å²) in [6.45, 7) is 8.83. The molecule has 1 aliphatic rings.